The van der Waals surface area contributed by atoms with Crippen molar-refractivity contribution in [1.29, 1.82) is 0 Å². The summed E-state index contributed by atoms with van der Waals surface area (Å²) in [5.74, 6) is 0.842. The van der Waals surface area contributed by atoms with Gasteiger partial charge in [0.15, 0.2) is 0 Å². The molecule has 1 heterocycles. The maximum absolute atomic E-state index is 13.1. The number of nitrogens with zero attached hydrogens (tertiary/aromatic N) is 1. The van der Waals surface area contributed by atoms with Crippen LogP contribution in [0.5, 0.6) is 5.75 Å². The Bertz CT molecular complexity index is 868. The molecular formula is C25H39ClN2O4S. The number of likely N-dealkylation sites (tertiary alicyclic amines) is 1. The molecular weight excluding hydrogens is 460 g/mol. The van der Waals surface area contributed by atoms with E-state index in [4.69, 9.17) is 21.1 Å². The van der Waals surface area contributed by atoms with Gasteiger partial charge in [0, 0.05) is 23.7 Å². The number of ether oxygens (including phenoxy) is 2. The van der Waals surface area contributed by atoms with Crippen LogP contribution in [0, 0.1) is 12.8 Å². The number of carbonyl (C=O) groups is 1. The summed E-state index contributed by atoms with van der Waals surface area (Å²) in [7, 11) is -1.30. The zero-order valence-corrected chi connectivity index (χ0v) is 22.6. The van der Waals surface area contributed by atoms with Crippen molar-refractivity contribution in [2.45, 2.75) is 77.7 Å². The molecule has 2 atom stereocenters. The van der Waals surface area contributed by atoms with Gasteiger partial charge < -0.3 is 14.4 Å². The second-order valence-electron chi connectivity index (χ2n) is 10.5. The van der Waals surface area contributed by atoms with Crippen molar-refractivity contribution < 1.29 is 18.5 Å². The van der Waals surface area contributed by atoms with Crippen molar-refractivity contribution in [3.63, 3.8) is 0 Å². The number of hydrogen-bond donors (Lipinski definition) is 1. The standard InChI is InChI=1S/C25H39ClN2O4S/c1-9-14-31-21-15-17(2)20(26)16-19(21)22(27-33(30)25(6,7)8)18-10-12-28(13-11-18)23(29)32-24(3,4)5/h9,15-16,18,22,27H,1,10-14H2,2-8H3/t22-,33?/m1/s1. The van der Waals surface area contributed by atoms with E-state index in [0.717, 1.165) is 24.0 Å². The number of benzene rings is 1. The fourth-order valence-electron chi connectivity index (χ4n) is 3.63. The van der Waals surface area contributed by atoms with Gasteiger partial charge in [0.2, 0.25) is 0 Å². The molecule has 0 radical (unpaired) electrons. The van der Waals surface area contributed by atoms with Crippen LogP contribution in [0.2, 0.25) is 5.02 Å². The lowest BCUT2D eigenvalue weighted by molar-refractivity contribution is 0.0171. The number of nitrogens with one attached hydrogen (secondary N) is 1. The van der Waals surface area contributed by atoms with Crippen LogP contribution in [0.4, 0.5) is 4.79 Å². The highest BCUT2D eigenvalue weighted by Gasteiger charge is 2.35. The van der Waals surface area contributed by atoms with Gasteiger partial charge in [-0.15, -0.1) is 0 Å². The third-order valence-electron chi connectivity index (χ3n) is 5.44. The van der Waals surface area contributed by atoms with Crippen LogP contribution in [0.3, 0.4) is 0 Å². The molecule has 0 bridgehead atoms. The minimum Gasteiger partial charge on any atom is -0.489 e. The third-order valence-corrected chi connectivity index (χ3v) is 7.42. The number of amides is 1. The predicted octanol–water partition coefficient (Wildman–Crippen LogP) is 5.95. The maximum atomic E-state index is 13.1. The summed E-state index contributed by atoms with van der Waals surface area (Å²) >= 11 is 6.51. The zero-order valence-electron chi connectivity index (χ0n) is 21.0. The topological polar surface area (TPSA) is 67.9 Å². The first-order valence-electron chi connectivity index (χ1n) is 11.4. The summed E-state index contributed by atoms with van der Waals surface area (Å²) in [5, 5.41) is 0.635. The minimum atomic E-state index is -1.30. The number of rotatable bonds is 7. The van der Waals surface area contributed by atoms with Crippen molar-refractivity contribution >= 4 is 28.7 Å². The Morgan fingerprint density at radius 1 is 1.27 bits per heavy atom. The van der Waals surface area contributed by atoms with E-state index >= 15 is 0 Å². The maximum Gasteiger partial charge on any atom is 0.410 e. The van der Waals surface area contributed by atoms with Gasteiger partial charge in [-0.05, 0) is 84.9 Å². The van der Waals surface area contributed by atoms with Crippen LogP contribution in [0.15, 0.2) is 24.8 Å². The molecule has 2 rings (SSSR count). The lowest BCUT2D eigenvalue weighted by Gasteiger charge is -2.38. The fourth-order valence-corrected chi connectivity index (χ4v) is 4.71. The second kappa shape index (κ2) is 11.2. The summed E-state index contributed by atoms with van der Waals surface area (Å²) < 4.78 is 27.6. The van der Waals surface area contributed by atoms with E-state index in [0.29, 0.717) is 30.5 Å². The summed E-state index contributed by atoms with van der Waals surface area (Å²) in [6.45, 7) is 18.6. The number of carbonyl (C=O) groups excluding carboxylic acids is 1. The molecule has 33 heavy (non-hydrogen) atoms. The van der Waals surface area contributed by atoms with E-state index in [1.165, 1.54) is 0 Å². The van der Waals surface area contributed by atoms with Crippen molar-refractivity contribution in [1.82, 2.24) is 9.62 Å². The number of aryl methyl sites for hydroxylation is 1. The molecule has 1 aromatic carbocycles. The Morgan fingerprint density at radius 3 is 2.39 bits per heavy atom. The first-order valence-corrected chi connectivity index (χ1v) is 13.0. The van der Waals surface area contributed by atoms with Crippen LogP contribution in [-0.2, 0) is 15.7 Å². The third kappa shape index (κ3) is 8.01. The second-order valence-corrected chi connectivity index (χ2v) is 12.9. The zero-order chi connectivity index (χ0) is 25.0. The van der Waals surface area contributed by atoms with Gasteiger partial charge in [-0.25, -0.2) is 13.7 Å². The molecule has 8 heteroatoms. The molecule has 0 saturated carbocycles. The molecule has 0 aromatic heterocycles. The number of hydrogen-bond acceptors (Lipinski definition) is 4. The highest BCUT2D eigenvalue weighted by Crippen LogP contribution is 2.39. The van der Waals surface area contributed by atoms with Crippen LogP contribution in [-0.4, -0.2) is 45.2 Å². The summed E-state index contributed by atoms with van der Waals surface area (Å²) in [6.07, 6.45) is 2.88. The summed E-state index contributed by atoms with van der Waals surface area (Å²) in [4.78, 5) is 14.3. The Hall–Kier alpha value is -1.57. The van der Waals surface area contributed by atoms with E-state index in [1.54, 1.807) is 11.0 Å². The van der Waals surface area contributed by atoms with Gasteiger partial charge in [-0.3, -0.25) is 0 Å². The molecule has 1 aliphatic rings. The molecule has 1 amide bonds. The van der Waals surface area contributed by atoms with E-state index in [-0.39, 0.29) is 18.1 Å². The molecule has 1 N–H and O–H groups in total. The smallest absolute Gasteiger partial charge is 0.410 e. The van der Waals surface area contributed by atoms with Crippen LogP contribution in [0.25, 0.3) is 0 Å². The van der Waals surface area contributed by atoms with Gasteiger partial charge >= 0.3 is 6.09 Å². The predicted molar refractivity (Wildman–Crippen MR) is 136 cm³/mol. The molecule has 1 fully saturated rings. The molecule has 0 aliphatic carbocycles. The van der Waals surface area contributed by atoms with Gasteiger partial charge in [0.25, 0.3) is 0 Å². The normalized spacial score (nSPS) is 17.4. The number of piperidine rings is 1. The van der Waals surface area contributed by atoms with Crippen molar-refractivity contribution in [2.75, 3.05) is 19.7 Å². The SMILES string of the molecule is C=CCOc1cc(C)c(Cl)cc1[C@H](NS(=O)C(C)(C)C)C1CCN(C(=O)OC(C)(C)C)CC1. The molecule has 6 nitrogen and oxygen atoms in total. The van der Waals surface area contributed by atoms with Gasteiger partial charge in [-0.2, -0.15) is 0 Å². The first-order chi connectivity index (χ1) is 15.2. The Balaban J connectivity index is 2.33. The van der Waals surface area contributed by atoms with Gasteiger partial charge in [0.1, 0.15) is 18.0 Å². The lowest BCUT2D eigenvalue weighted by atomic mass is 9.85. The monoisotopic (exact) mass is 498 g/mol. The van der Waals surface area contributed by atoms with E-state index in [2.05, 4.69) is 11.3 Å². The lowest BCUT2D eigenvalue weighted by Crippen LogP contribution is -2.45. The van der Waals surface area contributed by atoms with E-state index in [9.17, 15) is 9.00 Å². The number of halogens is 1. The van der Waals surface area contributed by atoms with Crippen molar-refractivity contribution in [3.8, 4) is 5.75 Å². The minimum absolute atomic E-state index is 0.139. The summed E-state index contributed by atoms with van der Waals surface area (Å²) in [6, 6.07) is 3.59. The molecule has 0 spiro atoms. The average molecular weight is 499 g/mol. The van der Waals surface area contributed by atoms with Crippen molar-refractivity contribution in [2.24, 2.45) is 5.92 Å². The molecule has 186 valence electrons. The highest BCUT2D eigenvalue weighted by molar-refractivity contribution is 7.84. The highest BCUT2D eigenvalue weighted by atomic mass is 35.5. The first kappa shape index (κ1) is 27.7. The average Bonchev–Trinajstić information content (AvgIpc) is 2.70. The van der Waals surface area contributed by atoms with Gasteiger partial charge in [-0.1, -0.05) is 24.3 Å². The van der Waals surface area contributed by atoms with E-state index in [1.807, 2.05) is 60.6 Å². The van der Waals surface area contributed by atoms with Crippen molar-refractivity contribution in [3.05, 3.63) is 40.9 Å². The molecule has 1 saturated heterocycles. The molecule has 1 unspecified atom stereocenters. The molecule has 1 aliphatic heterocycles. The Morgan fingerprint density at radius 2 is 1.88 bits per heavy atom. The van der Waals surface area contributed by atoms with E-state index < -0.39 is 21.3 Å². The molecule has 1 aromatic rings. The quantitative estimate of drug-likeness (QED) is 0.471. The van der Waals surface area contributed by atoms with Crippen LogP contribution >= 0.6 is 11.6 Å². The van der Waals surface area contributed by atoms with Gasteiger partial charge in [0.05, 0.1) is 21.8 Å². The van der Waals surface area contributed by atoms with Crippen LogP contribution in [0.1, 0.15) is 71.6 Å². The summed E-state index contributed by atoms with van der Waals surface area (Å²) in [5.41, 5.74) is 1.26. The van der Waals surface area contributed by atoms with Crippen LogP contribution < -0.4 is 9.46 Å². The largest absolute Gasteiger partial charge is 0.489 e. The Kier molecular flexibility index (Phi) is 9.42. The fraction of sp³-hybridized carbons (Fsp3) is 0.640. The Labute approximate surface area is 206 Å².